The average Bonchev–Trinajstić information content (AvgIpc) is 2.90. The van der Waals surface area contributed by atoms with E-state index in [-0.39, 0.29) is 36.5 Å². The molecule has 10 nitrogen and oxygen atoms in total. The van der Waals surface area contributed by atoms with Crippen molar-refractivity contribution in [2.45, 2.75) is 17.9 Å². The zero-order chi connectivity index (χ0) is 26.7. The molecule has 2 N–H and O–H groups in total. The van der Waals surface area contributed by atoms with E-state index in [1.165, 1.54) is 47.9 Å². The van der Waals surface area contributed by atoms with E-state index in [9.17, 15) is 23.2 Å². The molecule has 1 aliphatic heterocycles. The molecule has 0 bridgehead atoms. The predicted octanol–water partition coefficient (Wildman–Crippen LogP) is 3.00. The van der Waals surface area contributed by atoms with Crippen LogP contribution in [0, 0.1) is 12.7 Å². The van der Waals surface area contributed by atoms with Crippen LogP contribution < -0.4 is 10.2 Å². The molecule has 0 aliphatic carbocycles. The van der Waals surface area contributed by atoms with Gasteiger partial charge in [-0.3, -0.25) is 19.8 Å². The van der Waals surface area contributed by atoms with Crippen molar-refractivity contribution in [1.82, 2.24) is 19.7 Å². The van der Waals surface area contributed by atoms with Gasteiger partial charge in [-0.2, -0.15) is 4.31 Å². The highest BCUT2D eigenvalue weighted by Gasteiger charge is 2.42. The molecule has 1 aromatic heterocycles. The number of nitrogens with zero attached hydrogens (tertiary/aromatic N) is 3. The molecule has 0 radical (unpaired) electrons. The molecule has 13 heteroatoms. The third-order valence-electron chi connectivity index (χ3n) is 5.78. The number of benzene rings is 2. The molecule has 37 heavy (non-hydrogen) atoms. The molecule has 1 aliphatic rings. The van der Waals surface area contributed by atoms with Crippen molar-refractivity contribution in [3.8, 4) is 11.5 Å². The molecule has 1 fully saturated rings. The fourth-order valence-corrected chi connectivity index (χ4v) is 5.73. The summed E-state index contributed by atoms with van der Waals surface area (Å²) < 4.78 is 48.5. The zero-order valence-corrected chi connectivity index (χ0v) is 21.0. The van der Waals surface area contributed by atoms with Crippen molar-refractivity contribution in [3.05, 3.63) is 82.9 Å². The van der Waals surface area contributed by atoms with E-state index in [1.807, 2.05) is 0 Å². The van der Waals surface area contributed by atoms with Crippen LogP contribution in [0.5, 0.6) is 11.5 Å². The largest absolute Gasteiger partial charge is 0.454 e. The third kappa shape index (κ3) is 5.57. The lowest BCUT2D eigenvalue weighted by atomic mass is 10.1. The molecular formula is C24H22ClFN4O6S. The predicted molar refractivity (Wildman–Crippen MR) is 130 cm³/mol. The Hall–Kier alpha value is -3.58. The summed E-state index contributed by atoms with van der Waals surface area (Å²) in [4.78, 5) is 30.1. The van der Waals surface area contributed by atoms with Crippen LogP contribution in [0.3, 0.4) is 0 Å². The van der Waals surface area contributed by atoms with Crippen LogP contribution in [0.25, 0.3) is 0 Å². The van der Waals surface area contributed by atoms with Crippen molar-refractivity contribution < 1.29 is 32.3 Å². The van der Waals surface area contributed by atoms with Crippen molar-refractivity contribution in [1.29, 1.82) is 0 Å². The van der Waals surface area contributed by atoms with Crippen LogP contribution in [0.2, 0.25) is 5.02 Å². The van der Waals surface area contributed by atoms with Crippen molar-refractivity contribution in [3.63, 3.8) is 0 Å². The molecule has 2 heterocycles. The number of hydrogen-bond acceptors (Lipinski definition) is 7. The van der Waals surface area contributed by atoms with Gasteiger partial charge in [-0.1, -0.05) is 11.6 Å². The summed E-state index contributed by atoms with van der Waals surface area (Å²) >= 11 is 5.85. The second-order valence-corrected chi connectivity index (χ2v) is 10.5. The molecular weight excluding hydrogens is 527 g/mol. The Morgan fingerprint density at radius 2 is 1.92 bits per heavy atom. The van der Waals surface area contributed by atoms with E-state index in [2.05, 4.69) is 4.98 Å². The maximum atomic E-state index is 15.0. The smallest absolute Gasteiger partial charge is 0.263 e. The topological polar surface area (TPSA) is 129 Å². The van der Waals surface area contributed by atoms with Crippen LogP contribution in [-0.4, -0.2) is 65.3 Å². The second kappa shape index (κ2) is 10.8. The van der Waals surface area contributed by atoms with Gasteiger partial charge in [-0.25, -0.2) is 18.3 Å². The number of sulfonamides is 1. The fraction of sp³-hybridized carbons (Fsp3) is 0.208. The maximum Gasteiger partial charge on any atom is 0.263 e. The van der Waals surface area contributed by atoms with Gasteiger partial charge in [0.25, 0.3) is 11.8 Å². The molecule has 0 spiro atoms. The van der Waals surface area contributed by atoms with Gasteiger partial charge in [-0.05, 0) is 61.0 Å². The number of aromatic nitrogens is 1. The number of amides is 2. The monoisotopic (exact) mass is 548 g/mol. The quantitative estimate of drug-likeness (QED) is 0.358. The van der Waals surface area contributed by atoms with Gasteiger partial charge in [-0.15, -0.1) is 0 Å². The molecule has 2 amide bonds. The molecule has 1 saturated heterocycles. The maximum absolute atomic E-state index is 15.0. The summed E-state index contributed by atoms with van der Waals surface area (Å²) in [6, 6.07) is 9.88. The lowest BCUT2D eigenvalue weighted by Crippen LogP contribution is -2.61. The number of pyridine rings is 1. The Kier molecular flexibility index (Phi) is 7.73. The van der Waals surface area contributed by atoms with Crippen LogP contribution in [-0.2, 0) is 14.8 Å². The van der Waals surface area contributed by atoms with Gasteiger partial charge in [0.05, 0.1) is 10.5 Å². The van der Waals surface area contributed by atoms with Gasteiger partial charge >= 0.3 is 0 Å². The molecule has 194 valence electrons. The van der Waals surface area contributed by atoms with Gasteiger partial charge in [0.15, 0.2) is 11.6 Å². The summed E-state index contributed by atoms with van der Waals surface area (Å²) in [6.07, 6.45) is 2.85. The highest BCUT2D eigenvalue weighted by molar-refractivity contribution is 7.89. The van der Waals surface area contributed by atoms with E-state index < -0.39 is 38.6 Å². The Balaban J connectivity index is 1.61. The van der Waals surface area contributed by atoms with Crippen LogP contribution >= 0.6 is 11.6 Å². The lowest BCUT2D eigenvalue weighted by Gasteiger charge is -2.39. The molecule has 2 aromatic carbocycles. The fourth-order valence-electron chi connectivity index (χ4n) is 3.93. The summed E-state index contributed by atoms with van der Waals surface area (Å²) in [5.41, 5.74) is 1.91. The number of rotatable bonds is 6. The molecule has 0 saturated carbocycles. The number of ether oxygens (including phenoxy) is 1. The first-order valence-corrected chi connectivity index (χ1v) is 12.8. The van der Waals surface area contributed by atoms with Gasteiger partial charge in [0, 0.05) is 37.1 Å². The molecule has 0 unspecified atom stereocenters. The summed E-state index contributed by atoms with van der Waals surface area (Å²) in [5, 5.41) is 9.71. The average molecular weight is 549 g/mol. The van der Waals surface area contributed by atoms with Gasteiger partial charge in [0.1, 0.15) is 11.8 Å². The van der Waals surface area contributed by atoms with Crippen molar-refractivity contribution in [2.24, 2.45) is 0 Å². The standard InChI is InChI=1S/C24H22ClFN4O6S/c1-15-11-19(12-20(26)22(15)36-18-6-4-17(25)5-7-18)37(34,35)30-10-9-29(14-21(30)23(31)28-33)24(32)16-3-2-8-27-13-16/h2-8,11-13,21,33H,9-10,14H2,1H3,(H,28,31)/t21-/m1/s1. The first-order chi connectivity index (χ1) is 17.6. The Morgan fingerprint density at radius 1 is 1.19 bits per heavy atom. The lowest BCUT2D eigenvalue weighted by molar-refractivity contribution is -0.134. The number of nitrogens with one attached hydrogen (secondary N) is 1. The summed E-state index contributed by atoms with van der Waals surface area (Å²) in [7, 11) is -4.42. The first-order valence-electron chi connectivity index (χ1n) is 11.0. The van der Waals surface area contributed by atoms with Crippen LogP contribution in [0.4, 0.5) is 4.39 Å². The first kappa shape index (κ1) is 26.5. The third-order valence-corrected chi connectivity index (χ3v) is 7.92. The Bertz CT molecular complexity index is 1400. The number of piperazine rings is 1. The van der Waals surface area contributed by atoms with E-state index >= 15 is 4.39 Å². The minimum Gasteiger partial charge on any atom is -0.454 e. The SMILES string of the molecule is Cc1cc(S(=O)(=O)N2CCN(C(=O)c3cccnc3)C[C@@H]2C(=O)NO)cc(F)c1Oc1ccc(Cl)cc1. The minimum absolute atomic E-state index is 0.0403. The summed E-state index contributed by atoms with van der Waals surface area (Å²) in [5.74, 6) is -2.28. The highest BCUT2D eigenvalue weighted by Crippen LogP contribution is 2.33. The number of carbonyl (C=O) groups excluding carboxylic acids is 2. The van der Waals surface area contributed by atoms with Crippen LogP contribution in [0.15, 0.2) is 65.8 Å². The highest BCUT2D eigenvalue weighted by atomic mass is 35.5. The molecule has 3 aromatic rings. The number of halogens is 2. The number of carbonyl (C=O) groups is 2. The molecule has 1 atom stereocenters. The van der Waals surface area contributed by atoms with Gasteiger partial charge < -0.3 is 9.64 Å². The second-order valence-electron chi connectivity index (χ2n) is 8.21. The minimum atomic E-state index is -4.42. The number of hydrogen-bond donors (Lipinski definition) is 2. The van der Waals surface area contributed by atoms with Gasteiger partial charge in [0.2, 0.25) is 10.0 Å². The van der Waals surface area contributed by atoms with Crippen molar-refractivity contribution in [2.75, 3.05) is 19.6 Å². The Labute approximate surface area is 217 Å². The normalized spacial score (nSPS) is 16.3. The number of aryl methyl sites for hydroxylation is 1. The van der Waals surface area contributed by atoms with E-state index in [4.69, 9.17) is 16.3 Å². The summed E-state index contributed by atoms with van der Waals surface area (Å²) in [6.45, 7) is 0.839. The van der Waals surface area contributed by atoms with E-state index in [0.717, 1.165) is 10.4 Å². The number of hydroxylamine groups is 1. The van der Waals surface area contributed by atoms with Crippen LogP contribution in [0.1, 0.15) is 15.9 Å². The zero-order valence-electron chi connectivity index (χ0n) is 19.5. The van der Waals surface area contributed by atoms with E-state index in [0.29, 0.717) is 10.8 Å². The van der Waals surface area contributed by atoms with Crippen molar-refractivity contribution >= 4 is 33.4 Å². The Morgan fingerprint density at radius 3 is 2.54 bits per heavy atom. The van der Waals surface area contributed by atoms with E-state index in [1.54, 1.807) is 24.3 Å². The molecule has 4 rings (SSSR count).